The number of benzene rings is 8. The summed E-state index contributed by atoms with van der Waals surface area (Å²) in [4.78, 5) is 0. The third-order valence-corrected chi connectivity index (χ3v) is 13.6. The van der Waals surface area contributed by atoms with Crippen LogP contribution in [0.15, 0.2) is 164 Å². The van der Waals surface area contributed by atoms with Gasteiger partial charge in [0.1, 0.15) is 0 Å². The van der Waals surface area contributed by atoms with Crippen molar-refractivity contribution in [1.82, 2.24) is 4.57 Å². The van der Waals surface area contributed by atoms with Crippen LogP contribution in [0.2, 0.25) is 0 Å². The fourth-order valence-corrected chi connectivity index (χ4v) is 11.0. The van der Waals surface area contributed by atoms with Crippen molar-refractivity contribution in [2.45, 2.75) is 19.3 Å². The van der Waals surface area contributed by atoms with Crippen molar-refractivity contribution in [1.29, 1.82) is 0 Å². The van der Waals surface area contributed by atoms with E-state index in [9.17, 15) is 0 Å². The van der Waals surface area contributed by atoms with Gasteiger partial charge in [-0.05, 0) is 97.6 Å². The highest BCUT2D eigenvalue weighted by atomic mass is 32.1. The lowest BCUT2D eigenvalue weighted by Gasteiger charge is -2.26. The van der Waals surface area contributed by atoms with Crippen LogP contribution in [-0.2, 0) is 5.41 Å². The van der Waals surface area contributed by atoms with Crippen LogP contribution in [0.1, 0.15) is 25.0 Å². The Morgan fingerprint density at radius 2 is 1.29 bits per heavy atom. The van der Waals surface area contributed by atoms with Crippen molar-refractivity contribution < 1.29 is 0 Å². The number of fused-ring (bicyclic) bond motifs is 11. The molecule has 258 valence electrons. The molecule has 2 nitrogen and oxygen atoms in total. The molecule has 0 unspecified atom stereocenters. The summed E-state index contributed by atoms with van der Waals surface area (Å²) >= 11 is 1.92. The Kier molecular flexibility index (Phi) is 6.40. The summed E-state index contributed by atoms with van der Waals surface area (Å²) < 4.78 is 5.30. The normalized spacial score (nSPS) is 13.6. The number of hydrogen-bond acceptors (Lipinski definition) is 2. The Balaban J connectivity index is 1.13. The zero-order chi connectivity index (χ0) is 36.4. The molecule has 1 aliphatic heterocycles. The van der Waals surface area contributed by atoms with Crippen LogP contribution in [0, 0.1) is 0 Å². The Bertz CT molecular complexity index is 3240. The largest absolute Gasteiger partial charge is 0.355 e. The third-order valence-electron chi connectivity index (χ3n) is 12.4. The maximum atomic E-state index is 4.00. The van der Waals surface area contributed by atoms with E-state index in [2.05, 4.69) is 188 Å². The SMILES string of the molecule is CC1(C)c2ccccc2-c2ccc(Nc3cc4ccccc4cc3-c3cc(-c4ccccc4)cc4c3Bc3cccc5c6sc7ccccc7c6n-4c35)cc21. The zero-order valence-corrected chi connectivity index (χ0v) is 31.5. The van der Waals surface area contributed by atoms with Gasteiger partial charge in [0.25, 0.3) is 0 Å². The average Bonchev–Trinajstić information content (AvgIpc) is 3.84. The van der Waals surface area contributed by atoms with Gasteiger partial charge in [-0.25, -0.2) is 0 Å². The molecule has 10 aromatic rings. The van der Waals surface area contributed by atoms with Gasteiger partial charge in [-0.2, -0.15) is 0 Å². The van der Waals surface area contributed by atoms with E-state index in [-0.39, 0.29) is 5.41 Å². The van der Waals surface area contributed by atoms with Crippen LogP contribution < -0.4 is 16.2 Å². The first-order valence-electron chi connectivity index (χ1n) is 19.2. The fourth-order valence-electron chi connectivity index (χ4n) is 9.74. The molecule has 8 aromatic carbocycles. The van der Waals surface area contributed by atoms with E-state index < -0.39 is 0 Å². The topological polar surface area (TPSA) is 17.0 Å². The van der Waals surface area contributed by atoms with Gasteiger partial charge in [0.2, 0.25) is 0 Å². The number of rotatable bonds is 4. The third kappa shape index (κ3) is 4.43. The van der Waals surface area contributed by atoms with Crippen molar-refractivity contribution in [2.75, 3.05) is 5.32 Å². The molecular formula is C51H35BN2S. The molecule has 0 fully saturated rings. The quantitative estimate of drug-likeness (QED) is 0.179. The smallest absolute Gasteiger partial charge is 0.198 e. The molecule has 2 aromatic heterocycles. The Morgan fingerprint density at radius 3 is 2.18 bits per heavy atom. The maximum Gasteiger partial charge on any atom is 0.198 e. The second kappa shape index (κ2) is 11.3. The van der Waals surface area contributed by atoms with Gasteiger partial charge in [0.05, 0.1) is 10.2 Å². The Morgan fingerprint density at radius 1 is 0.545 bits per heavy atom. The molecular weight excluding hydrogens is 683 g/mol. The molecule has 0 saturated carbocycles. The van der Waals surface area contributed by atoms with Gasteiger partial charge < -0.3 is 9.88 Å². The van der Waals surface area contributed by atoms with Crippen molar-refractivity contribution in [3.8, 4) is 39.1 Å². The van der Waals surface area contributed by atoms with Crippen LogP contribution in [0.5, 0.6) is 0 Å². The summed E-state index contributed by atoms with van der Waals surface area (Å²) in [5.41, 5.74) is 19.2. The Hall–Kier alpha value is -6.36. The maximum absolute atomic E-state index is 4.00. The van der Waals surface area contributed by atoms with Crippen molar-refractivity contribution in [3.63, 3.8) is 0 Å². The molecule has 1 N–H and O–H groups in total. The predicted molar refractivity (Wildman–Crippen MR) is 238 cm³/mol. The lowest BCUT2D eigenvalue weighted by atomic mass is 9.58. The van der Waals surface area contributed by atoms with Gasteiger partial charge >= 0.3 is 0 Å². The molecule has 0 amide bonds. The first-order chi connectivity index (χ1) is 27.0. The van der Waals surface area contributed by atoms with E-state index in [0.717, 1.165) is 18.7 Å². The fraction of sp³-hybridized carbons (Fsp3) is 0.0588. The van der Waals surface area contributed by atoms with Crippen LogP contribution in [-0.4, -0.2) is 11.8 Å². The van der Waals surface area contributed by atoms with E-state index in [1.165, 1.54) is 103 Å². The number of para-hydroxylation sites is 1. The predicted octanol–water partition coefficient (Wildman–Crippen LogP) is 12.2. The van der Waals surface area contributed by atoms with E-state index in [0.29, 0.717) is 0 Å². The van der Waals surface area contributed by atoms with E-state index in [4.69, 9.17) is 0 Å². The molecule has 0 bridgehead atoms. The van der Waals surface area contributed by atoms with E-state index >= 15 is 0 Å². The van der Waals surface area contributed by atoms with Crippen molar-refractivity contribution >= 4 is 82.9 Å². The minimum Gasteiger partial charge on any atom is -0.355 e. The monoisotopic (exact) mass is 718 g/mol. The summed E-state index contributed by atoms with van der Waals surface area (Å²) in [7, 11) is 0.865. The minimum atomic E-state index is -0.0778. The van der Waals surface area contributed by atoms with Gasteiger partial charge in [-0.3, -0.25) is 0 Å². The second-order valence-electron chi connectivity index (χ2n) is 15.8. The summed E-state index contributed by atoms with van der Waals surface area (Å²) in [6.45, 7) is 4.71. The number of nitrogens with one attached hydrogen (secondary N) is 1. The average molecular weight is 719 g/mol. The summed E-state index contributed by atoms with van der Waals surface area (Å²) in [6.07, 6.45) is 0. The van der Waals surface area contributed by atoms with Crippen LogP contribution in [0.3, 0.4) is 0 Å². The number of nitrogens with zero attached hydrogens (tertiary/aromatic N) is 1. The first-order valence-corrected chi connectivity index (χ1v) is 20.0. The molecule has 1 aliphatic carbocycles. The van der Waals surface area contributed by atoms with Crippen LogP contribution in [0.4, 0.5) is 11.4 Å². The summed E-state index contributed by atoms with van der Waals surface area (Å²) in [5.74, 6) is 0. The van der Waals surface area contributed by atoms with Crippen molar-refractivity contribution in [2.24, 2.45) is 0 Å². The van der Waals surface area contributed by atoms with Crippen LogP contribution in [0.25, 0.3) is 81.0 Å². The number of aromatic nitrogens is 1. The molecule has 0 spiro atoms. The van der Waals surface area contributed by atoms with E-state index in [1.807, 2.05) is 11.3 Å². The highest BCUT2D eigenvalue weighted by molar-refractivity contribution is 7.26. The molecule has 0 atom stereocenters. The highest BCUT2D eigenvalue weighted by Crippen LogP contribution is 2.50. The van der Waals surface area contributed by atoms with Gasteiger partial charge in [0.15, 0.2) is 7.28 Å². The zero-order valence-electron chi connectivity index (χ0n) is 30.7. The first kappa shape index (κ1) is 31.0. The summed E-state index contributed by atoms with van der Waals surface area (Å²) in [6, 6.07) is 61.0. The lowest BCUT2D eigenvalue weighted by molar-refractivity contribution is 0.660. The molecule has 55 heavy (non-hydrogen) atoms. The molecule has 2 aliphatic rings. The van der Waals surface area contributed by atoms with Gasteiger partial charge in [-0.15, -0.1) is 11.3 Å². The molecule has 0 saturated heterocycles. The molecule has 4 heteroatoms. The number of anilines is 2. The van der Waals surface area contributed by atoms with Crippen LogP contribution >= 0.6 is 11.3 Å². The van der Waals surface area contributed by atoms with Crippen molar-refractivity contribution in [3.05, 3.63) is 175 Å². The minimum absolute atomic E-state index is 0.0778. The van der Waals surface area contributed by atoms with Gasteiger partial charge in [-0.1, -0.05) is 141 Å². The van der Waals surface area contributed by atoms with Gasteiger partial charge in [0, 0.05) is 49.0 Å². The Labute approximate surface area is 324 Å². The molecule has 12 rings (SSSR count). The summed E-state index contributed by atoms with van der Waals surface area (Å²) in [5, 5.41) is 9.12. The standard InChI is InChI=1S/C51H35BN2S/c1-51(2)41-20-10-8-17-35(41)36-24-23-34(29-42(36)51)53-44-27-32-16-7-6-15-31(32)25-39(44)40-26-33(30-13-4-3-5-14-30)28-45-47(40)52-43-21-12-19-38-48(43)54(45)49-37-18-9-11-22-46(37)55-50(38)49/h3-29,52-53H,1-2H3. The molecule has 0 radical (unpaired) electrons. The number of thiophene rings is 1. The number of hydrogen-bond donors (Lipinski definition) is 1. The van der Waals surface area contributed by atoms with E-state index in [1.54, 1.807) is 0 Å². The second-order valence-corrected chi connectivity index (χ2v) is 16.8. The molecule has 3 heterocycles. The lowest BCUT2D eigenvalue weighted by Crippen LogP contribution is -2.37. The highest BCUT2D eigenvalue weighted by Gasteiger charge is 2.35.